The van der Waals surface area contributed by atoms with Crippen LogP contribution in [0.25, 0.3) is 0 Å². The van der Waals surface area contributed by atoms with Gasteiger partial charge in [0.2, 0.25) is 0 Å². The summed E-state index contributed by atoms with van der Waals surface area (Å²) in [5, 5.41) is 2.88. The van der Waals surface area contributed by atoms with Gasteiger partial charge in [0.15, 0.2) is 0 Å². The third-order valence-corrected chi connectivity index (χ3v) is 2.38. The summed E-state index contributed by atoms with van der Waals surface area (Å²) >= 11 is 0. The molecule has 0 bridgehead atoms. The van der Waals surface area contributed by atoms with Crippen LogP contribution in [0.1, 0.15) is 6.92 Å². The highest BCUT2D eigenvalue weighted by Gasteiger charge is 2.38. The van der Waals surface area contributed by atoms with Gasteiger partial charge in [-0.25, -0.2) is 0 Å². The molecule has 2 rings (SSSR count). The molecule has 1 aliphatic carbocycles. The van der Waals surface area contributed by atoms with Crippen LogP contribution < -0.4 is 5.32 Å². The Hall–Kier alpha value is -1.26. The van der Waals surface area contributed by atoms with E-state index in [1.807, 2.05) is 0 Å². The molecule has 0 aromatic carbocycles. The van der Waals surface area contributed by atoms with E-state index in [0.717, 1.165) is 0 Å². The first kappa shape index (κ1) is 9.30. The molecule has 1 aliphatic heterocycles. The molecule has 14 heavy (non-hydrogen) atoms. The minimum Gasteiger partial charge on any atom is -0.368 e. The number of aliphatic imine (C=N–C) groups is 1. The second kappa shape index (κ2) is 2.87. The SMILES string of the molecule is CC1=CC2NC=NC2C=C1C(F)(F)F. The van der Waals surface area contributed by atoms with Crippen molar-refractivity contribution in [3.63, 3.8) is 0 Å². The van der Waals surface area contributed by atoms with E-state index in [4.69, 9.17) is 0 Å². The Labute approximate surface area is 79.2 Å². The van der Waals surface area contributed by atoms with Crippen LogP contribution >= 0.6 is 0 Å². The molecule has 2 aliphatic rings. The molecule has 0 fully saturated rings. The van der Waals surface area contributed by atoms with E-state index in [-0.39, 0.29) is 11.6 Å². The number of allylic oxidation sites excluding steroid dienone is 2. The highest BCUT2D eigenvalue weighted by Crippen LogP contribution is 2.35. The van der Waals surface area contributed by atoms with Crippen molar-refractivity contribution in [3.05, 3.63) is 23.3 Å². The van der Waals surface area contributed by atoms with E-state index < -0.39 is 17.8 Å². The Morgan fingerprint density at radius 1 is 1.36 bits per heavy atom. The molecule has 0 radical (unpaired) electrons. The summed E-state index contributed by atoms with van der Waals surface area (Å²) in [6.45, 7) is 1.47. The Bertz CT molecular complexity index is 338. The molecule has 2 atom stereocenters. The van der Waals surface area contributed by atoms with Gasteiger partial charge in [-0.2, -0.15) is 13.2 Å². The zero-order valence-electron chi connectivity index (χ0n) is 7.47. The first-order valence-corrected chi connectivity index (χ1v) is 4.24. The molecule has 5 heteroatoms. The van der Waals surface area contributed by atoms with Gasteiger partial charge >= 0.3 is 6.18 Å². The second-order valence-corrected chi connectivity index (χ2v) is 3.39. The third kappa shape index (κ3) is 1.42. The molecular formula is C9H9F3N2. The van der Waals surface area contributed by atoms with Crippen LogP contribution in [0.3, 0.4) is 0 Å². The zero-order valence-corrected chi connectivity index (χ0v) is 7.47. The third-order valence-electron chi connectivity index (χ3n) is 2.38. The standard InChI is InChI=1S/C9H9F3N2/c1-5-2-7-8(14-4-13-7)3-6(5)9(10,11)12/h2-4,7-8H,1H3,(H,13,14). The van der Waals surface area contributed by atoms with E-state index in [1.165, 1.54) is 19.3 Å². The topological polar surface area (TPSA) is 24.4 Å². The van der Waals surface area contributed by atoms with Crippen molar-refractivity contribution in [1.29, 1.82) is 0 Å². The molecule has 0 spiro atoms. The van der Waals surface area contributed by atoms with Crippen LogP contribution in [0.15, 0.2) is 28.3 Å². The van der Waals surface area contributed by atoms with Crippen molar-refractivity contribution >= 4 is 6.34 Å². The monoisotopic (exact) mass is 202 g/mol. The van der Waals surface area contributed by atoms with Gasteiger partial charge in [0.25, 0.3) is 0 Å². The van der Waals surface area contributed by atoms with Crippen LogP contribution in [-0.4, -0.2) is 24.6 Å². The van der Waals surface area contributed by atoms with Gasteiger partial charge in [0.05, 0.1) is 24.0 Å². The smallest absolute Gasteiger partial charge is 0.368 e. The van der Waals surface area contributed by atoms with Crippen LogP contribution in [0.5, 0.6) is 0 Å². The molecule has 0 saturated carbocycles. The maximum absolute atomic E-state index is 12.5. The number of hydrogen-bond donors (Lipinski definition) is 1. The maximum atomic E-state index is 12.5. The second-order valence-electron chi connectivity index (χ2n) is 3.39. The molecule has 1 N–H and O–H groups in total. The number of nitrogens with zero attached hydrogens (tertiary/aromatic N) is 1. The summed E-state index contributed by atoms with van der Waals surface area (Å²) in [4.78, 5) is 3.90. The largest absolute Gasteiger partial charge is 0.416 e. The molecule has 2 nitrogen and oxygen atoms in total. The molecule has 2 unspecified atom stereocenters. The average molecular weight is 202 g/mol. The number of rotatable bonds is 0. The average Bonchev–Trinajstić information content (AvgIpc) is 2.47. The lowest BCUT2D eigenvalue weighted by Crippen LogP contribution is -2.33. The quantitative estimate of drug-likeness (QED) is 0.636. The van der Waals surface area contributed by atoms with E-state index in [2.05, 4.69) is 10.3 Å². The minimum atomic E-state index is -4.27. The fourth-order valence-corrected chi connectivity index (χ4v) is 1.68. The van der Waals surface area contributed by atoms with Crippen molar-refractivity contribution in [2.75, 3.05) is 0 Å². The van der Waals surface area contributed by atoms with Crippen LogP contribution in [0.2, 0.25) is 0 Å². The highest BCUT2D eigenvalue weighted by atomic mass is 19.4. The summed E-state index contributed by atoms with van der Waals surface area (Å²) in [7, 11) is 0. The van der Waals surface area contributed by atoms with Crippen molar-refractivity contribution in [2.24, 2.45) is 4.99 Å². The minimum absolute atomic E-state index is 0.110. The molecule has 0 amide bonds. The lowest BCUT2D eigenvalue weighted by Gasteiger charge is -2.22. The van der Waals surface area contributed by atoms with Gasteiger partial charge < -0.3 is 5.32 Å². The van der Waals surface area contributed by atoms with E-state index in [9.17, 15) is 13.2 Å². The Morgan fingerprint density at radius 3 is 2.71 bits per heavy atom. The van der Waals surface area contributed by atoms with Gasteiger partial charge in [-0.05, 0) is 18.6 Å². The summed E-state index contributed by atoms with van der Waals surface area (Å²) in [6.07, 6.45) is -0.0738. The lowest BCUT2D eigenvalue weighted by molar-refractivity contribution is -0.0899. The molecule has 0 saturated heterocycles. The first-order valence-electron chi connectivity index (χ1n) is 4.24. The summed E-state index contributed by atoms with van der Waals surface area (Å²) in [6, 6.07) is -0.517. The van der Waals surface area contributed by atoms with Gasteiger partial charge in [0, 0.05) is 0 Å². The lowest BCUT2D eigenvalue weighted by atomic mass is 9.93. The summed E-state index contributed by atoms with van der Waals surface area (Å²) < 4.78 is 37.4. The first-order chi connectivity index (χ1) is 6.48. The van der Waals surface area contributed by atoms with Crippen LogP contribution in [-0.2, 0) is 0 Å². The van der Waals surface area contributed by atoms with E-state index in [0.29, 0.717) is 0 Å². The number of nitrogens with one attached hydrogen (secondary N) is 1. The Morgan fingerprint density at radius 2 is 2.07 bits per heavy atom. The molecule has 76 valence electrons. The fraction of sp³-hybridized carbons (Fsp3) is 0.444. The fourth-order valence-electron chi connectivity index (χ4n) is 1.68. The van der Waals surface area contributed by atoms with Gasteiger partial charge in [-0.15, -0.1) is 0 Å². The normalized spacial score (nSPS) is 30.6. The highest BCUT2D eigenvalue weighted by molar-refractivity contribution is 5.61. The van der Waals surface area contributed by atoms with Crippen LogP contribution in [0.4, 0.5) is 13.2 Å². The van der Waals surface area contributed by atoms with Crippen molar-refractivity contribution < 1.29 is 13.2 Å². The van der Waals surface area contributed by atoms with Gasteiger partial charge in [-0.1, -0.05) is 6.08 Å². The number of alkyl halides is 3. The summed E-state index contributed by atoms with van der Waals surface area (Å²) in [5.41, 5.74) is -0.309. The maximum Gasteiger partial charge on any atom is 0.416 e. The van der Waals surface area contributed by atoms with E-state index >= 15 is 0 Å². The number of fused-ring (bicyclic) bond motifs is 1. The van der Waals surface area contributed by atoms with Crippen molar-refractivity contribution in [3.8, 4) is 0 Å². The van der Waals surface area contributed by atoms with Crippen molar-refractivity contribution in [2.45, 2.75) is 25.2 Å². The predicted molar refractivity (Wildman–Crippen MR) is 47.1 cm³/mol. The predicted octanol–water partition coefficient (Wildman–Crippen LogP) is 1.80. The zero-order chi connectivity index (χ0) is 10.3. The molecular weight excluding hydrogens is 193 g/mol. The van der Waals surface area contributed by atoms with E-state index in [1.54, 1.807) is 6.08 Å². The molecule has 0 aromatic rings. The Balaban J connectivity index is 2.34. The number of halogens is 3. The molecule has 0 aromatic heterocycles. The summed E-state index contributed by atoms with van der Waals surface area (Å²) in [5.74, 6) is 0. The van der Waals surface area contributed by atoms with Gasteiger partial charge in [0.1, 0.15) is 0 Å². The Kier molecular flexibility index (Phi) is 1.90. The molecule has 1 heterocycles. The van der Waals surface area contributed by atoms with Crippen LogP contribution in [0, 0.1) is 0 Å². The van der Waals surface area contributed by atoms with Crippen molar-refractivity contribution in [1.82, 2.24) is 5.32 Å². The number of hydrogen-bond acceptors (Lipinski definition) is 2. The van der Waals surface area contributed by atoms with Gasteiger partial charge in [-0.3, -0.25) is 4.99 Å².